The average molecular weight is 405 g/mol. The summed E-state index contributed by atoms with van der Waals surface area (Å²) in [5.74, 6) is 1.79. The Labute approximate surface area is 184 Å². The fraction of sp³-hybridized carbons (Fsp3) is 0.500. The van der Waals surface area contributed by atoms with Crippen LogP contribution >= 0.6 is 0 Å². The number of hydrogen-bond acceptors (Lipinski definition) is 2. The molecule has 2 aromatic rings. The van der Waals surface area contributed by atoms with Gasteiger partial charge in [-0.05, 0) is 64.0 Å². The van der Waals surface area contributed by atoms with Gasteiger partial charge < -0.3 is 0 Å². The maximum absolute atomic E-state index is 4.51. The van der Waals surface area contributed by atoms with Gasteiger partial charge in [-0.3, -0.25) is 0 Å². The molecule has 2 nitrogen and oxygen atoms in total. The van der Waals surface area contributed by atoms with E-state index in [1.807, 2.05) is 0 Å². The molecule has 0 N–H and O–H groups in total. The fourth-order valence-corrected chi connectivity index (χ4v) is 4.62. The molecule has 0 aliphatic carbocycles. The van der Waals surface area contributed by atoms with Crippen LogP contribution in [0, 0.1) is 0 Å². The third-order valence-electron chi connectivity index (χ3n) is 6.06. The maximum Gasteiger partial charge on any atom is 0.0500 e. The van der Waals surface area contributed by atoms with Crippen LogP contribution < -0.4 is 0 Å². The lowest BCUT2D eigenvalue weighted by atomic mass is 9.72. The molecule has 2 aromatic carbocycles. The molecule has 0 amide bonds. The van der Waals surface area contributed by atoms with Crippen LogP contribution in [0.15, 0.2) is 46.6 Å². The molecule has 0 radical (unpaired) electrons. The molecule has 0 spiro atoms. The quantitative estimate of drug-likeness (QED) is 0.312. The van der Waals surface area contributed by atoms with Gasteiger partial charge in [-0.15, -0.1) is 0 Å². The number of benzene rings is 2. The van der Waals surface area contributed by atoms with E-state index < -0.39 is 0 Å². The highest BCUT2D eigenvalue weighted by molar-refractivity contribution is 5.93. The Morgan fingerprint density at radius 3 is 1.17 bits per heavy atom. The van der Waals surface area contributed by atoms with Crippen LogP contribution in [-0.4, -0.2) is 12.4 Å². The summed E-state index contributed by atoms with van der Waals surface area (Å²) in [4.78, 5) is 0. The van der Waals surface area contributed by atoms with Gasteiger partial charge in [0.1, 0.15) is 0 Å². The second kappa shape index (κ2) is 10.2. The largest absolute Gasteiger partial charge is 0.167 e. The standard InChI is InChI=1S/C28H40N2/c1-17(2)22-13-11-14-23(18(3)4)27(22)26(21(9)30-29-10)28-24(19(5)6)15-12-16-25(28)20(7)8/h11-20,26H,10H2,1-9H3. The summed E-state index contributed by atoms with van der Waals surface area (Å²) in [5, 5.41) is 8.45. The first-order valence-electron chi connectivity index (χ1n) is 11.4. The summed E-state index contributed by atoms with van der Waals surface area (Å²) in [6.45, 7) is 24.1. The van der Waals surface area contributed by atoms with E-state index in [0.29, 0.717) is 23.7 Å². The first-order chi connectivity index (χ1) is 14.1. The van der Waals surface area contributed by atoms with Gasteiger partial charge in [0.25, 0.3) is 0 Å². The molecular weight excluding hydrogens is 364 g/mol. The van der Waals surface area contributed by atoms with Crippen LogP contribution in [0.2, 0.25) is 0 Å². The summed E-state index contributed by atoms with van der Waals surface area (Å²) in [6.07, 6.45) is 0. The van der Waals surface area contributed by atoms with E-state index in [1.54, 1.807) is 0 Å². The summed E-state index contributed by atoms with van der Waals surface area (Å²) >= 11 is 0. The SMILES string of the molecule is C=NN=C(C)C(c1c(C(C)C)cccc1C(C)C)c1c(C(C)C)cccc1C(C)C. The van der Waals surface area contributed by atoms with Crippen molar-refractivity contribution in [2.45, 2.75) is 91.9 Å². The molecule has 0 aromatic heterocycles. The Morgan fingerprint density at radius 2 is 0.933 bits per heavy atom. The van der Waals surface area contributed by atoms with Crippen molar-refractivity contribution in [3.05, 3.63) is 69.8 Å². The third kappa shape index (κ3) is 4.91. The van der Waals surface area contributed by atoms with E-state index in [-0.39, 0.29) is 5.92 Å². The first-order valence-corrected chi connectivity index (χ1v) is 11.4. The molecule has 0 aliphatic heterocycles. The number of hydrogen-bond donors (Lipinski definition) is 0. The molecular formula is C28H40N2. The lowest BCUT2D eigenvalue weighted by Crippen LogP contribution is -2.21. The predicted octanol–water partition coefficient (Wildman–Crippen LogP) is 8.39. The minimum atomic E-state index is 0.0718. The predicted molar refractivity (Wildman–Crippen MR) is 134 cm³/mol. The van der Waals surface area contributed by atoms with E-state index in [0.717, 1.165) is 5.71 Å². The van der Waals surface area contributed by atoms with Crippen LogP contribution in [0.4, 0.5) is 0 Å². The smallest absolute Gasteiger partial charge is 0.0500 e. The third-order valence-corrected chi connectivity index (χ3v) is 6.06. The van der Waals surface area contributed by atoms with Crippen LogP contribution in [0.25, 0.3) is 0 Å². The number of nitrogens with zero attached hydrogens (tertiary/aromatic N) is 2. The van der Waals surface area contributed by atoms with Crippen LogP contribution in [0.1, 0.15) is 125 Å². The van der Waals surface area contributed by atoms with Crippen molar-refractivity contribution in [1.29, 1.82) is 0 Å². The van der Waals surface area contributed by atoms with Gasteiger partial charge in [0.15, 0.2) is 0 Å². The summed E-state index contributed by atoms with van der Waals surface area (Å²) in [5.41, 5.74) is 9.42. The Bertz CT molecular complexity index is 785. The van der Waals surface area contributed by atoms with Gasteiger partial charge in [-0.25, -0.2) is 0 Å². The lowest BCUT2D eigenvalue weighted by molar-refractivity contribution is 0.763. The van der Waals surface area contributed by atoms with E-state index in [1.165, 1.54) is 33.4 Å². The van der Waals surface area contributed by atoms with Crippen LogP contribution in [-0.2, 0) is 0 Å². The molecule has 2 heteroatoms. The minimum Gasteiger partial charge on any atom is -0.167 e. The summed E-state index contributed by atoms with van der Waals surface area (Å²) < 4.78 is 0. The highest BCUT2D eigenvalue weighted by atomic mass is 15.2. The molecule has 0 saturated heterocycles. The molecule has 0 heterocycles. The van der Waals surface area contributed by atoms with E-state index in [4.69, 9.17) is 0 Å². The van der Waals surface area contributed by atoms with E-state index in [9.17, 15) is 0 Å². The molecule has 30 heavy (non-hydrogen) atoms. The Kier molecular flexibility index (Phi) is 8.18. The molecule has 0 bridgehead atoms. The van der Waals surface area contributed by atoms with Crippen molar-refractivity contribution in [2.24, 2.45) is 10.2 Å². The molecule has 0 aliphatic rings. The van der Waals surface area contributed by atoms with Crippen molar-refractivity contribution in [2.75, 3.05) is 0 Å². The summed E-state index contributed by atoms with van der Waals surface area (Å²) in [6, 6.07) is 13.6. The molecule has 0 fully saturated rings. The van der Waals surface area contributed by atoms with E-state index >= 15 is 0 Å². The van der Waals surface area contributed by atoms with Gasteiger partial charge in [0, 0.05) is 12.4 Å². The lowest BCUT2D eigenvalue weighted by Gasteiger charge is -2.31. The highest BCUT2D eigenvalue weighted by Crippen LogP contribution is 2.43. The molecule has 162 valence electrons. The maximum atomic E-state index is 4.51. The fourth-order valence-electron chi connectivity index (χ4n) is 4.62. The molecule has 2 rings (SSSR count). The molecule has 0 unspecified atom stereocenters. The van der Waals surface area contributed by atoms with Crippen LogP contribution in [0.3, 0.4) is 0 Å². The van der Waals surface area contributed by atoms with Gasteiger partial charge in [-0.1, -0.05) is 91.8 Å². The zero-order valence-electron chi connectivity index (χ0n) is 20.5. The second-order valence-electron chi connectivity index (χ2n) is 9.63. The molecule has 0 saturated carbocycles. The van der Waals surface area contributed by atoms with Gasteiger partial charge in [-0.2, -0.15) is 10.2 Å². The van der Waals surface area contributed by atoms with E-state index in [2.05, 4.69) is 116 Å². The van der Waals surface area contributed by atoms with Crippen molar-refractivity contribution < 1.29 is 0 Å². The Hall–Kier alpha value is -2.22. The van der Waals surface area contributed by atoms with Crippen LogP contribution in [0.5, 0.6) is 0 Å². The topological polar surface area (TPSA) is 24.7 Å². The zero-order valence-corrected chi connectivity index (χ0v) is 20.5. The van der Waals surface area contributed by atoms with Crippen molar-refractivity contribution in [3.63, 3.8) is 0 Å². The minimum absolute atomic E-state index is 0.0718. The normalized spacial score (nSPS) is 12.7. The van der Waals surface area contributed by atoms with Gasteiger partial charge >= 0.3 is 0 Å². The van der Waals surface area contributed by atoms with Crippen molar-refractivity contribution in [3.8, 4) is 0 Å². The van der Waals surface area contributed by atoms with Gasteiger partial charge in [0.05, 0.1) is 5.92 Å². The Morgan fingerprint density at radius 1 is 0.633 bits per heavy atom. The van der Waals surface area contributed by atoms with Gasteiger partial charge in [0.2, 0.25) is 0 Å². The van der Waals surface area contributed by atoms with Crippen molar-refractivity contribution in [1.82, 2.24) is 0 Å². The summed E-state index contributed by atoms with van der Waals surface area (Å²) in [7, 11) is 0. The zero-order chi connectivity index (χ0) is 22.6. The van der Waals surface area contributed by atoms with Crippen molar-refractivity contribution >= 4 is 12.4 Å². The first kappa shape index (κ1) is 24.1. The molecule has 0 atom stereocenters. The average Bonchev–Trinajstić information content (AvgIpc) is 2.67. The number of rotatable bonds is 8. The monoisotopic (exact) mass is 404 g/mol. The second-order valence-corrected chi connectivity index (χ2v) is 9.63. The Balaban J connectivity index is 3.05. The highest BCUT2D eigenvalue weighted by Gasteiger charge is 2.30.